The van der Waals surface area contributed by atoms with Crippen LogP contribution < -0.4 is 9.47 Å². The second-order valence-electron chi connectivity index (χ2n) is 8.93. The summed E-state index contributed by atoms with van der Waals surface area (Å²) in [5.74, 6) is 1.15. The number of hydrogen-bond acceptors (Lipinski definition) is 5. The minimum Gasteiger partial charge on any atom is -0.493 e. The number of hydrogen-bond donors (Lipinski definition) is 0. The lowest BCUT2D eigenvalue weighted by Gasteiger charge is -2.27. The molecule has 0 saturated heterocycles. The molecule has 0 radical (unpaired) electrons. The maximum Gasteiger partial charge on any atom is 0.416 e. The molecule has 2 aliphatic rings. The highest BCUT2D eigenvalue weighted by atomic mass is 19.4. The van der Waals surface area contributed by atoms with Crippen LogP contribution in [0.3, 0.4) is 0 Å². The Labute approximate surface area is 202 Å². The van der Waals surface area contributed by atoms with Gasteiger partial charge in [0.05, 0.1) is 32.0 Å². The third-order valence-electron chi connectivity index (χ3n) is 6.54. The fourth-order valence-corrected chi connectivity index (χ4v) is 4.64. The standard InChI is InChI=1S/C26H29F3N2O4/c1-33-23-12-9-19(13-24(23)34-2)22-14-21(35-30-22)16-31(25(32)18-5-3-4-6-18)15-17-7-10-20(11-8-17)26(27,28)29/h7-13,18,21H,3-6,14-16H2,1-2H3. The van der Waals surface area contributed by atoms with Crippen molar-refractivity contribution in [2.24, 2.45) is 11.1 Å². The lowest BCUT2D eigenvalue weighted by Crippen LogP contribution is -2.40. The van der Waals surface area contributed by atoms with Crippen LogP contribution in [-0.2, 0) is 22.4 Å². The molecule has 1 atom stereocenters. The Kier molecular flexibility index (Phi) is 7.52. The zero-order valence-electron chi connectivity index (χ0n) is 19.8. The highest BCUT2D eigenvalue weighted by Gasteiger charge is 2.33. The quantitative estimate of drug-likeness (QED) is 0.495. The summed E-state index contributed by atoms with van der Waals surface area (Å²) >= 11 is 0. The first-order chi connectivity index (χ1) is 16.8. The molecular weight excluding hydrogens is 461 g/mol. The Morgan fingerprint density at radius 1 is 1.06 bits per heavy atom. The molecule has 1 fully saturated rings. The van der Waals surface area contributed by atoms with Crippen LogP contribution in [0.1, 0.15) is 48.8 Å². The first-order valence-corrected chi connectivity index (χ1v) is 11.7. The van der Waals surface area contributed by atoms with Gasteiger partial charge >= 0.3 is 6.18 Å². The Morgan fingerprint density at radius 2 is 1.74 bits per heavy atom. The molecule has 188 valence electrons. The van der Waals surface area contributed by atoms with Gasteiger partial charge in [-0.2, -0.15) is 13.2 Å². The van der Waals surface area contributed by atoms with E-state index < -0.39 is 11.7 Å². The maximum absolute atomic E-state index is 13.3. The number of carbonyl (C=O) groups excluding carboxylic acids is 1. The van der Waals surface area contributed by atoms with Gasteiger partial charge in [0.2, 0.25) is 5.91 Å². The average molecular weight is 491 g/mol. The summed E-state index contributed by atoms with van der Waals surface area (Å²) in [5.41, 5.74) is 1.51. The third-order valence-corrected chi connectivity index (χ3v) is 6.54. The lowest BCUT2D eigenvalue weighted by atomic mass is 10.0. The highest BCUT2D eigenvalue weighted by Crippen LogP contribution is 2.32. The average Bonchev–Trinajstić information content (AvgIpc) is 3.55. The molecule has 2 aromatic rings. The number of oxime groups is 1. The topological polar surface area (TPSA) is 60.4 Å². The first-order valence-electron chi connectivity index (χ1n) is 11.7. The monoisotopic (exact) mass is 490 g/mol. The van der Waals surface area contributed by atoms with Crippen LogP contribution in [0.25, 0.3) is 0 Å². The van der Waals surface area contributed by atoms with Crippen molar-refractivity contribution in [1.82, 2.24) is 4.90 Å². The highest BCUT2D eigenvalue weighted by molar-refractivity contribution is 6.01. The summed E-state index contributed by atoms with van der Waals surface area (Å²) in [6, 6.07) is 10.5. The molecule has 0 N–H and O–H groups in total. The molecule has 0 spiro atoms. The van der Waals surface area contributed by atoms with Gasteiger partial charge in [0, 0.05) is 24.4 Å². The number of amides is 1. The molecule has 1 aliphatic heterocycles. The molecule has 9 heteroatoms. The Hall–Kier alpha value is -3.23. The van der Waals surface area contributed by atoms with Crippen molar-refractivity contribution < 1.29 is 32.3 Å². The van der Waals surface area contributed by atoms with E-state index in [0.717, 1.165) is 49.1 Å². The number of rotatable bonds is 8. The molecule has 1 heterocycles. The zero-order valence-corrected chi connectivity index (χ0v) is 19.8. The lowest BCUT2D eigenvalue weighted by molar-refractivity contribution is -0.138. The third kappa shape index (κ3) is 5.89. The van der Waals surface area contributed by atoms with E-state index in [1.165, 1.54) is 12.1 Å². The van der Waals surface area contributed by atoms with E-state index in [1.54, 1.807) is 25.2 Å². The van der Waals surface area contributed by atoms with Gasteiger partial charge in [-0.25, -0.2) is 0 Å². The first kappa shape index (κ1) is 24.9. The minimum absolute atomic E-state index is 0.0190. The Bertz CT molecular complexity index is 1060. The van der Waals surface area contributed by atoms with E-state index >= 15 is 0 Å². The molecule has 0 bridgehead atoms. The van der Waals surface area contributed by atoms with Gasteiger partial charge in [-0.05, 0) is 48.7 Å². The molecule has 1 unspecified atom stereocenters. The number of ether oxygens (including phenoxy) is 2. The normalized spacial score (nSPS) is 18.2. The fourth-order valence-electron chi connectivity index (χ4n) is 4.64. The molecule has 6 nitrogen and oxygen atoms in total. The number of methoxy groups -OCH3 is 2. The van der Waals surface area contributed by atoms with E-state index in [-0.39, 0.29) is 24.5 Å². The molecule has 35 heavy (non-hydrogen) atoms. The van der Waals surface area contributed by atoms with E-state index in [1.807, 2.05) is 12.1 Å². The van der Waals surface area contributed by atoms with Crippen LogP contribution >= 0.6 is 0 Å². The fraction of sp³-hybridized carbons (Fsp3) is 0.462. The SMILES string of the molecule is COc1ccc(C2=NOC(CN(Cc3ccc(C(F)(F)F)cc3)C(=O)C3CCCC3)C2)cc1OC. The summed E-state index contributed by atoms with van der Waals surface area (Å²) in [6.45, 7) is 0.523. The van der Waals surface area contributed by atoms with Crippen molar-refractivity contribution in [3.8, 4) is 11.5 Å². The molecule has 1 amide bonds. The van der Waals surface area contributed by atoms with E-state index in [9.17, 15) is 18.0 Å². The number of benzene rings is 2. The van der Waals surface area contributed by atoms with Gasteiger partial charge in [-0.3, -0.25) is 4.79 Å². The van der Waals surface area contributed by atoms with E-state index in [0.29, 0.717) is 30.0 Å². The van der Waals surface area contributed by atoms with Crippen molar-refractivity contribution in [3.05, 3.63) is 59.2 Å². The summed E-state index contributed by atoms with van der Waals surface area (Å²) in [6.07, 6.45) is -0.557. The van der Waals surface area contributed by atoms with Crippen LogP contribution in [0.4, 0.5) is 13.2 Å². The Balaban J connectivity index is 1.46. The van der Waals surface area contributed by atoms with Crippen molar-refractivity contribution in [2.75, 3.05) is 20.8 Å². The molecule has 1 aliphatic carbocycles. The second-order valence-corrected chi connectivity index (χ2v) is 8.93. The predicted octanol–water partition coefficient (Wildman–Crippen LogP) is 5.43. The van der Waals surface area contributed by atoms with Gasteiger partial charge in [0.1, 0.15) is 0 Å². The van der Waals surface area contributed by atoms with Crippen molar-refractivity contribution in [3.63, 3.8) is 0 Å². The molecule has 4 rings (SSSR count). The molecule has 1 saturated carbocycles. The number of alkyl halides is 3. The van der Waals surface area contributed by atoms with Crippen LogP contribution in [0.5, 0.6) is 11.5 Å². The summed E-state index contributed by atoms with van der Waals surface area (Å²) in [5, 5.41) is 4.23. The molecular formula is C26H29F3N2O4. The Morgan fingerprint density at radius 3 is 2.37 bits per heavy atom. The van der Waals surface area contributed by atoms with Gasteiger partial charge < -0.3 is 19.2 Å². The smallest absolute Gasteiger partial charge is 0.416 e. The molecule has 0 aromatic heterocycles. The van der Waals surface area contributed by atoms with Gasteiger partial charge in [-0.1, -0.05) is 30.1 Å². The summed E-state index contributed by atoms with van der Waals surface area (Å²) in [4.78, 5) is 20.7. The number of carbonyl (C=O) groups is 1. The van der Waals surface area contributed by atoms with E-state index in [2.05, 4.69) is 5.16 Å². The number of halogens is 3. The summed E-state index contributed by atoms with van der Waals surface area (Å²) < 4.78 is 49.5. The second kappa shape index (κ2) is 10.6. The van der Waals surface area contributed by atoms with Crippen molar-refractivity contribution >= 4 is 11.6 Å². The van der Waals surface area contributed by atoms with Crippen LogP contribution in [0, 0.1) is 5.92 Å². The van der Waals surface area contributed by atoms with E-state index in [4.69, 9.17) is 14.3 Å². The van der Waals surface area contributed by atoms with Gasteiger partial charge in [0.25, 0.3) is 0 Å². The largest absolute Gasteiger partial charge is 0.493 e. The number of nitrogens with zero attached hydrogens (tertiary/aromatic N) is 2. The minimum atomic E-state index is -4.40. The molecule has 2 aromatic carbocycles. The van der Waals surface area contributed by atoms with Crippen LogP contribution in [-0.4, -0.2) is 43.4 Å². The predicted molar refractivity (Wildman–Crippen MR) is 124 cm³/mol. The van der Waals surface area contributed by atoms with Crippen LogP contribution in [0.15, 0.2) is 47.6 Å². The van der Waals surface area contributed by atoms with Crippen molar-refractivity contribution in [1.29, 1.82) is 0 Å². The zero-order chi connectivity index (χ0) is 25.0. The van der Waals surface area contributed by atoms with Gasteiger partial charge in [-0.15, -0.1) is 0 Å². The van der Waals surface area contributed by atoms with Crippen LogP contribution in [0.2, 0.25) is 0 Å². The van der Waals surface area contributed by atoms with Crippen molar-refractivity contribution in [2.45, 2.75) is 50.9 Å². The maximum atomic E-state index is 13.3. The summed E-state index contributed by atoms with van der Waals surface area (Å²) in [7, 11) is 3.13. The van der Waals surface area contributed by atoms with Gasteiger partial charge in [0.15, 0.2) is 17.6 Å².